The fourth-order valence-electron chi connectivity index (χ4n) is 3.77. The molecule has 1 atom stereocenters. The van der Waals surface area contributed by atoms with Gasteiger partial charge in [-0.25, -0.2) is 0 Å². The second-order valence-electron chi connectivity index (χ2n) is 6.93. The number of benzene rings is 3. The number of aromatic nitrogens is 1. The molecule has 0 amide bonds. The topological polar surface area (TPSA) is 99.4 Å². The van der Waals surface area contributed by atoms with Crippen LogP contribution in [-0.2, 0) is 0 Å². The molecule has 0 saturated heterocycles. The van der Waals surface area contributed by atoms with Crippen LogP contribution in [0.4, 0.5) is 0 Å². The number of nitrogens with one attached hydrogen (secondary N) is 1. The third kappa shape index (κ3) is 3.78. The summed E-state index contributed by atoms with van der Waals surface area (Å²) in [4.78, 5) is 14.7. The van der Waals surface area contributed by atoms with Gasteiger partial charge in [0.25, 0.3) is 0 Å². The number of fused-ring (bicyclic) bond motifs is 1. The van der Waals surface area contributed by atoms with Crippen LogP contribution in [0.5, 0.6) is 0 Å². The van der Waals surface area contributed by atoms with Crippen molar-refractivity contribution in [1.29, 1.82) is 0 Å². The van der Waals surface area contributed by atoms with Gasteiger partial charge in [-0.3, -0.25) is 10.1 Å². The van der Waals surface area contributed by atoms with E-state index in [1.807, 2.05) is 54.6 Å². The highest BCUT2D eigenvalue weighted by Crippen LogP contribution is 2.38. The molecule has 0 spiro atoms. The van der Waals surface area contributed by atoms with Crippen LogP contribution in [0.1, 0.15) is 17.0 Å². The lowest BCUT2D eigenvalue weighted by Crippen LogP contribution is -2.29. The van der Waals surface area contributed by atoms with Crippen LogP contribution >= 0.6 is 0 Å². The highest BCUT2D eigenvalue weighted by Gasteiger charge is 2.27. The van der Waals surface area contributed by atoms with E-state index in [2.05, 4.69) is 4.98 Å². The maximum atomic E-state index is 11.6. The zero-order valence-electron chi connectivity index (χ0n) is 15.5. The Morgan fingerprint density at radius 1 is 0.931 bits per heavy atom. The molecule has 4 rings (SSSR count). The summed E-state index contributed by atoms with van der Waals surface area (Å²) in [6, 6.07) is 24.1. The van der Waals surface area contributed by atoms with Gasteiger partial charge >= 0.3 is 7.12 Å². The van der Waals surface area contributed by atoms with Crippen molar-refractivity contribution in [2.45, 2.75) is 5.92 Å². The van der Waals surface area contributed by atoms with E-state index >= 15 is 0 Å². The Bertz CT molecular complexity index is 1140. The molecule has 0 aliphatic carbocycles. The number of H-pyrrole nitrogens is 1. The Morgan fingerprint density at radius 3 is 2.24 bits per heavy atom. The average molecular weight is 386 g/mol. The zero-order valence-corrected chi connectivity index (χ0v) is 15.5. The predicted molar refractivity (Wildman–Crippen MR) is 114 cm³/mol. The summed E-state index contributed by atoms with van der Waals surface area (Å²) >= 11 is 0. The first kappa shape index (κ1) is 18.9. The Labute approximate surface area is 167 Å². The van der Waals surface area contributed by atoms with Crippen LogP contribution in [0.2, 0.25) is 0 Å². The zero-order chi connectivity index (χ0) is 20.4. The summed E-state index contributed by atoms with van der Waals surface area (Å²) in [5.74, 6) is -0.499. The molecular weight excluding hydrogens is 367 g/mol. The third-order valence-electron chi connectivity index (χ3n) is 5.13. The largest absolute Gasteiger partial charge is 0.488 e. The summed E-state index contributed by atoms with van der Waals surface area (Å²) in [5.41, 5.74) is 4.67. The van der Waals surface area contributed by atoms with Crippen molar-refractivity contribution in [3.8, 4) is 11.3 Å². The first-order valence-corrected chi connectivity index (χ1v) is 9.28. The standard InChI is InChI=1S/C22H19BN2O4/c26-23(27)17-12-10-15(11-13-17)19(14-25(28)29)21-18-8-4-5-9-20(18)24-22(21)16-6-2-1-3-7-16/h1-13,19,24,26-27H,14H2/t19-/m0/s1. The lowest BCUT2D eigenvalue weighted by atomic mass is 9.78. The summed E-state index contributed by atoms with van der Waals surface area (Å²) < 4.78 is 0. The van der Waals surface area contributed by atoms with E-state index in [1.54, 1.807) is 24.3 Å². The van der Waals surface area contributed by atoms with E-state index < -0.39 is 13.0 Å². The summed E-state index contributed by atoms with van der Waals surface area (Å²) in [6.07, 6.45) is 0. The molecule has 3 N–H and O–H groups in total. The monoisotopic (exact) mass is 386 g/mol. The predicted octanol–water partition coefficient (Wildman–Crippen LogP) is 2.92. The van der Waals surface area contributed by atoms with Gasteiger partial charge in [-0.05, 0) is 28.2 Å². The van der Waals surface area contributed by atoms with Crippen LogP contribution in [0, 0.1) is 10.1 Å². The molecule has 0 radical (unpaired) electrons. The van der Waals surface area contributed by atoms with E-state index in [-0.39, 0.29) is 11.5 Å². The van der Waals surface area contributed by atoms with E-state index in [0.29, 0.717) is 5.46 Å². The number of hydrogen-bond acceptors (Lipinski definition) is 4. The van der Waals surface area contributed by atoms with Crippen molar-refractivity contribution in [3.05, 3.63) is 100 Å². The van der Waals surface area contributed by atoms with Crippen molar-refractivity contribution in [1.82, 2.24) is 4.98 Å². The van der Waals surface area contributed by atoms with Crippen LogP contribution in [0.25, 0.3) is 22.2 Å². The van der Waals surface area contributed by atoms with Crippen LogP contribution < -0.4 is 5.46 Å². The molecule has 0 aliphatic heterocycles. The molecule has 0 saturated carbocycles. The van der Waals surface area contributed by atoms with Gasteiger partial charge in [-0.1, -0.05) is 72.8 Å². The van der Waals surface area contributed by atoms with Gasteiger partial charge in [-0.15, -0.1) is 0 Å². The molecule has 4 aromatic rings. The van der Waals surface area contributed by atoms with Gasteiger partial charge in [-0.2, -0.15) is 0 Å². The maximum absolute atomic E-state index is 11.6. The van der Waals surface area contributed by atoms with Crippen LogP contribution in [0.3, 0.4) is 0 Å². The van der Waals surface area contributed by atoms with Crippen LogP contribution in [0.15, 0.2) is 78.9 Å². The highest BCUT2D eigenvalue weighted by molar-refractivity contribution is 6.58. The fraction of sp³-hybridized carbons (Fsp3) is 0.0909. The number of para-hydroxylation sites is 1. The minimum absolute atomic E-state index is 0.275. The van der Waals surface area contributed by atoms with Gasteiger partial charge in [0.1, 0.15) is 0 Å². The second-order valence-corrected chi connectivity index (χ2v) is 6.93. The Morgan fingerprint density at radius 2 is 1.59 bits per heavy atom. The molecular formula is C22H19BN2O4. The third-order valence-corrected chi connectivity index (χ3v) is 5.13. The molecule has 29 heavy (non-hydrogen) atoms. The first-order valence-electron chi connectivity index (χ1n) is 9.28. The van der Waals surface area contributed by atoms with E-state index in [1.165, 1.54) is 0 Å². The molecule has 0 aliphatic rings. The minimum atomic E-state index is -1.58. The van der Waals surface area contributed by atoms with Crippen molar-refractivity contribution < 1.29 is 15.0 Å². The normalized spacial score (nSPS) is 12.1. The molecule has 3 aromatic carbocycles. The van der Waals surface area contributed by atoms with Gasteiger partial charge in [0, 0.05) is 15.8 Å². The molecule has 6 nitrogen and oxygen atoms in total. The summed E-state index contributed by atoms with van der Waals surface area (Å²) in [7, 11) is -1.58. The number of aromatic amines is 1. The highest BCUT2D eigenvalue weighted by atomic mass is 16.6. The molecule has 0 bridgehead atoms. The molecule has 144 valence electrons. The summed E-state index contributed by atoms with van der Waals surface area (Å²) in [5, 5.41) is 31.2. The smallest absolute Gasteiger partial charge is 0.423 e. The Balaban J connectivity index is 1.93. The van der Waals surface area contributed by atoms with Gasteiger partial charge < -0.3 is 15.0 Å². The van der Waals surface area contributed by atoms with Gasteiger partial charge in [0.2, 0.25) is 6.54 Å². The molecule has 1 heterocycles. The number of rotatable bonds is 6. The lowest BCUT2D eigenvalue weighted by molar-refractivity contribution is -0.481. The van der Waals surface area contributed by atoms with Crippen molar-refractivity contribution >= 4 is 23.5 Å². The first-order chi connectivity index (χ1) is 14.0. The fourth-order valence-corrected chi connectivity index (χ4v) is 3.77. The SMILES string of the molecule is O=[N+]([O-])C[C@@H](c1ccc(B(O)O)cc1)c1c(-c2ccccc2)[nH]c2ccccc12. The maximum Gasteiger partial charge on any atom is 0.488 e. The number of hydrogen-bond donors (Lipinski definition) is 3. The Hall–Kier alpha value is -3.42. The average Bonchev–Trinajstić information content (AvgIpc) is 3.12. The molecule has 7 heteroatoms. The lowest BCUT2D eigenvalue weighted by Gasteiger charge is -2.16. The minimum Gasteiger partial charge on any atom is -0.423 e. The van der Waals surface area contributed by atoms with E-state index in [9.17, 15) is 20.2 Å². The van der Waals surface area contributed by atoms with Gasteiger partial charge in [0.15, 0.2) is 0 Å². The number of nitrogens with zero attached hydrogens (tertiary/aromatic N) is 1. The second kappa shape index (κ2) is 7.91. The van der Waals surface area contributed by atoms with E-state index in [0.717, 1.165) is 33.3 Å². The van der Waals surface area contributed by atoms with Crippen molar-refractivity contribution in [3.63, 3.8) is 0 Å². The molecule has 0 fully saturated rings. The number of nitro groups is 1. The van der Waals surface area contributed by atoms with Crippen molar-refractivity contribution in [2.75, 3.05) is 6.54 Å². The van der Waals surface area contributed by atoms with E-state index in [4.69, 9.17) is 0 Å². The summed E-state index contributed by atoms with van der Waals surface area (Å²) in [6.45, 7) is -0.275. The van der Waals surface area contributed by atoms with Gasteiger partial charge in [0.05, 0.1) is 11.6 Å². The molecule has 0 unspecified atom stereocenters. The van der Waals surface area contributed by atoms with Crippen molar-refractivity contribution in [2.24, 2.45) is 0 Å². The Kier molecular flexibility index (Phi) is 5.16. The quantitative estimate of drug-likeness (QED) is 0.270. The molecule has 1 aromatic heterocycles. The van der Waals surface area contributed by atoms with Crippen LogP contribution in [-0.4, -0.2) is 33.6 Å².